The zero-order valence-corrected chi connectivity index (χ0v) is 29.2. The highest BCUT2D eigenvalue weighted by Crippen LogP contribution is 2.69. The summed E-state index contributed by atoms with van der Waals surface area (Å²) < 4.78 is 0. The monoisotopic (exact) mass is 597 g/mol. The number of rotatable bonds is 17. The predicted octanol–water partition coefficient (Wildman–Crippen LogP) is 11.0. The lowest BCUT2D eigenvalue weighted by atomic mass is 9.42. The van der Waals surface area contributed by atoms with Gasteiger partial charge in [0.15, 0.2) is 0 Å². The van der Waals surface area contributed by atoms with Gasteiger partial charge in [0.25, 0.3) is 0 Å². The van der Waals surface area contributed by atoms with Crippen molar-refractivity contribution in [1.82, 2.24) is 0 Å². The molecule has 0 bridgehead atoms. The number of fused-ring (bicyclic) bond motifs is 5. The first-order chi connectivity index (χ1) is 20.5. The van der Waals surface area contributed by atoms with Crippen LogP contribution in [0.4, 0.5) is 0 Å². The number of hydrogen-bond acceptors (Lipinski definition) is 3. The van der Waals surface area contributed by atoms with Gasteiger partial charge in [-0.3, -0.25) is 14.4 Å². The molecule has 0 spiro atoms. The molecule has 7 unspecified atom stereocenters. The molecule has 0 saturated heterocycles. The Bertz CT molecular complexity index is 938. The molecule has 0 amide bonds. The van der Waals surface area contributed by atoms with Crippen molar-refractivity contribution in [3.05, 3.63) is 0 Å². The Hall–Kier alpha value is -0.990. The Labute approximate surface area is 265 Å². The Balaban J connectivity index is 1.30. The summed E-state index contributed by atoms with van der Waals surface area (Å²) in [5, 5.41) is 0. The molecule has 0 aromatic heterocycles. The van der Waals surface area contributed by atoms with Gasteiger partial charge in [0.05, 0.1) is 0 Å². The van der Waals surface area contributed by atoms with Crippen LogP contribution in [-0.2, 0) is 14.4 Å². The lowest BCUT2D eigenvalue weighted by Gasteiger charge is -2.63. The molecular formula is C40H68O3. The van der Waals surface area contributed by atoms with Crippen LogP contribution in [0.2, 0.25) is 0 Å². The number of carbonyl (C=O) groups excluding carboxylic acids is 3. The molecule has 4 saturated carbocycles. The summed E-state index contributed by atoms with van der Waals surface area (Å²) in [6.07, 6.45) is 23.0. The van der Waals surface area contributed by atoms with Gasteiger partial charge in [0.1, 0.15) is 17.3 Å². The van der Waals surface area contributed by atoms with E-state index in [0.29, 0.717) is 59.9 Å². The summed E-state index contributed by atoms with van der Waals surface area (Å²) in [5.41, 5.74) is 0.878. The molecule has 0 aliphatic heterocycles. The van der Waals surface area contributed by atoms with Crippen molar-refractivity contribution in [1.29, 1.82) is 0 Å². The van der Waals surface area contributed by atoms with Crippen molar-refractivity contribution in [2.24, 2.45) is 58.2 Å². The lowest BCUT2D eigenvalue weighted by molar-refractivity contribution is -0.145. The van der Waals surface area contributed by atoms with Crippen molar-refractivity contribution in [3.63, 3.8) is 0 Å². The fourth-order valence-electron chi connectivity index (χ4n) is 11.6. The minimum atomic E-state index is 0.224. The molecule has 0 heterocycles. The van der Waals surface area contributed by atoms with Crippen LogP contribution in [0.25, 0.3) is 0 Å². The van der Waals surface area contributed by atoms with E-state index in [-0.39, 0.29) is 5.78 Å². The molecule has 3 heteroatoms. The van der Waals surface area contributed by atoms with Crippen LogP contribution in [0.15, 0.2) is 0 Å². The van der Waals surface area contributed by atoms with E-state index in [1.54, 1.807) is 0 Å². The molecule has 4 rings (SSSR count). The third kappa shape index (κ3) is 8.06. The second-order valence-electron chi connectivity index (χ2n) is 16.8. The van der Waals surface area contributed by atoms with Crippen molar-refractivity contribution < 1.29 is 14.4 Å². The van der Waals surface area contributed by atoms with E-state index in [2.05, 4.69) is 34.6 Å². The van der Waals surface area contributed by atoms with Gasteiger partial charge in [-0.15, -0.1) is 0 Å². The van der Waals surface area contributed by atoms with E-state index in [0.717, 1.165) is 61.2 Å². The Morgan fingerprint density at radius 1 is 0.721 bits per heavy atom. The first kappa shape index (κ1) is 34.9. The van der Waals surface area contributed by atoms with E-state index in [1.807, 2.05) is 6.92 Å². The molecule has 0 aromatic rings. The van der Waals surface area contributed by atoms with E-state index in [4.69, 9.17) is 0 Å². The van der Waals surface area contributed by atoms with Gasteiger partial charge in [-0.25, -0.2) is 0 Å². The number of ketones is 3. The van der Waals surface area contributed by atoms with Crippen LogP contribution in [-0.4, -0.2) is 17.3 Å². The van der Waals surface area contributed by atoms with Crippen molar-refractivity contribution in [2.45, 2.75) is 176 Å². The molecule has 10 atom stereocenters. The maximum atomic E-state index is 12.7. The number of Topliss-reactive ketones (excluding diaryl/α,β-unsaturated/α-hetero) is 3. The SMILES string of the molecule is CCCCCCCCC(=O)CCC(C)C1CCC2C3C(CC[C@]12C)[C@@]1(C)CCC(CC(=O)CCC(=O)CC)CC1C[C@@H]3C. The summed E-state index contributed by atoms with van der Waals surface area (Å²) in [4.78, 5) is 37.2. The molecule has 4 fully saturated rings. The third-order valence-corrected chi connectivity index (χ3v) is 14.2. The predicted molar refractivity (Wildman–Crippen MR) is 179 cm³/mol. The van der Waals surface area contributed by atoms with Crippen LogP contribution in [0.3, 0.4) is 0 Å². The van der Waals surface area contributed by atoms with E-state index in [1.165, 1.54) is 83.5 Å². The lowest BCUT2D eigenvalue weighted by Crippen LogP contribution is -2.56. The van der Waals surface area contributed by atoms with Crippen LogP contribution >= 0.6 is 0 Å². The van der Waals surface area contributed by atoms with E-state index < -0.39 is 0 Å². The Morgan fingerprint density at radius 3 is 2.14 bits per heavy atom. The Morgan fingerprint density at radius 2 is 1.40 bits per heavy atom. The smallest absolute Gasteiger partial charge is 0.133 e. The second-order valence-corrected chi connectivity index (χ2v) is 16.8. The maximum Gasteiger partial charge on any atom is 0.133 e. The fourth-order valence-corrected chi connectivity index (χ4v) is 11.6. The molecule has 3 nitrogen and oxygen atoms in total. The van der Waals surface area contributed by atoms with Gasteiger partial charge in [0.2, 0.25) is 0 Å². The van der Waals surface area contributed by atoms with Crippen LogP contribution < -0.4 is 0 Å². The molecular weight excluding hydrogens is 528 g/mol. The number of hydrogen-bond donors (Lipinski definition) is 0. The average Bonchev–Trinajstić information content (AvgIpc) is 3.34. The zero-order valence-electron chi connectivity index (χ0n) is 29.2. The summed E-state index contributed by atoms with van der Waals surface area (Å²) >= 11 is 0. The minimum absolute atomic E-state index is 0.224. The Kier molecular flexibility index (Phi) is 12.6. The topological polar surface area (TPSA) is 51.2 Å². The van der Waals surface area contributed by atoms with Crippen LogP contribution in [0.1, 0.15) is 176 Å². The highest BCUT2D eigenvalue weighted by Gasteiger charge is 2.62. The molecule has 0 aromatic carbocycles. The summed E-state index contributed by atoms with van der Waals surface area (Å²) in [5.74, 6) is 7.09. The number of unbranched alkanes of at least 4 members (excludes halogenated alkanes) is 5. The van der Waals surface area contributed by atoms with Crippen LogP contribution in [0.5, 0.6) is 0 Å². The molecule has 0 N–H and O–H groups in total. The highest BCUT2D eigenvalue weighted by molar-refractivity contribution is 5.85. The van der Waals surface area contributed by atoms with Gasteiger partial charge >= 0.3 is 0 Å². The fraction of sp³-hybridized carbons (Fsp3) is 0.925. The van der Waals surface area contributed by atoms with E-state index in [9.17, 15) is 14.4 Å². The molecule has 4 aliphatic rings. The quantitative estimate of drug-likeness (QED) is 0.157. The van der Waals surface area contributed by atoms with Crippen molar-refractivity contribution in [2.75, 3.05) is 0 Å². The normalized spacial score (nSPS) is 37.7. The van der Waals surface area contributed by atoms with Crippen LogP contribution in [0, 0.1) is 58.2 Å². The maximum absolute atomic E-state index is 12.7. The van der Waals surface area contributed by atoms with Gasteiger partial charge in [0, 0.05) is 38.5 Å². The largest absolute Gasteiger partial charge is 0.300 e. The van der Waals surface area contributed by atoms with Gasteiger partial charge in [-0.1, -0.05) is 73.6 Å². The van der Waals surface area contributed by atoms with E-state index >= 15 is 0 Å². The van der Waals surface area contributed by atoms with Gasteiger partial charge < -0.3 is 0 Å². The first-order valence-electron chi connectivity index (χ1n) is 19.1. The standard InChI is InChI=1S/C40H68O3/c1-7-9-10-11-12-13-14-33(42)16-15-28(3)35-19-20-36-38-29(4)25-31-26-30(27-34(43)18-17-32(41)8-2)21-23-39(31,5)37(38)22-24-40(35,36)6/h28-31,35-38H,7-27H2,1-6H3/t28?,29-,30?,31?,35?,36?,37?,38?,39-,40+/m0/s1. The highest BCUT2D eigenvalue weighted by atomic mass is 16.1. The average molecular weight is 597 g/mol. The second kappa shape index (κ2) is 15.5. The number of carbonyl (C=O) groups is 3. The molecule has 43 heavy (non-hydrogen) atoms. The van der Waals surface area contributed by atoms with Crippen molar-refractivity contribution in [3.8, 4) is 0 Å². The molecule has 4 aliphatic carbocycles. The summed E-state index contributed by atoms with van der Waals surface area (Å²) in [6.45, 7) is 14.5. The molecule has 246 valence electrons. The van der Waals surface area contributed by atoms with Gasteiger partial charge in [-0.05, 0) is 122 Å². The first-order valence-corrected chi connectivity index (χ1v) is 19.1. The summed E-state index contributed by atoms with van der Waals surface area (Å²) in [7, 11) is 0. The molecule has 0 radical (unpaired) electrons. The van der Waals surface area contributed by atoms with Crippen molar-refractivity contribution >= 4 is 17.3 Å². The summed E-state index contributed by atoms with van der Waals surface area (Å²) in [6, 6.07) is 0. The van der Waals surface area contributed by atoms with Gasteiger partial charge in [-0.2, -0.15) is 0 Å². The third-order valence-electron chi connectivity index (χ3n) is 14.2. The minimum Gasteiger partial charge on any atom is -0.300 e. The zero-order chi connectivity index (χ0) is 31.2.